The molecule has 78 valence electrons. The Bertz CT molecular complexity index is 400. The average molecular weight is 218 g/mol. The summed E-state index contributed by atoms with van der Waals surface area (Å²) in [7, 11) is -3.65. The van der Waals surface area contributed by atoms with Gasteiger partial charge in [0, 0.05) is 0 Å². The Hall–Kier alpha value is -1.10. The molecule has 1 aromatic rings. The van der Waals surface area contributed by atoms with E-state index in [1.807, 2.05) is 0 Å². The number of hydrogen-bond donors (Lipinski definition) is 0. The first-order valence-electron chi connectivity index (χ1n) is 4.22. The maximum Gasteiger partial charge on any atom is 0.309 e. The lowest BCUT2D eigenvalue weighted by atomic mass is 10.3. The van der Waals surface area contributed by atoms with E-state index in [-0.39, 0.29) is 11.5 Å². The van der Waals surface area contributed by atoms with E-state index in [4.69, 9.17) is 0 Å². The lowest BCUT2D eigenvalue weighted by Crippen LogP contribution is -2.13. The summed E-state index contributed by atoms with van der Waals surface area (Å²) >= 11 is 0. The zero-order chi connectivity index (χ0) is 10.6. The molecule has 0 aliphatic rings. The largest absolute Gasteiger partial charge is 0.379 e. The third-order valence-corrected chi connectivity index (χ3v) is 2.85. The van der Waals surface area contributed by atoms with Gasteiger partial charge in [-0.1, -0.05) is 19.1 Å². The van der Waals surface area contributed by atoms with Gasteiger partial charge in [-0.25, -0.2) is 4.39 Å². The molecule has 0 aromatic heterocycles. The third-order valence-electron chi connectivity index (χ3n) is 1.51. The van der Waals surface area contributed by atoms with Crippen molar-refractivity contribution in [2.45, 2.75) is 13.3 Å². The van der Waals surface area contributed by atoms with E-state index in [0.717, 1.165) is 6.07 Å². The second-order valence-corrected chi connectivity index (χ2v) is 4.47. The van der Waals surface area contributed by atoms with E-state index in [1.165, 1.54) is 18.2 Å². The highest BCUT2D eigenvalue weighted by atomic mass is 32.2. The third kappa shape index (κ3) is 2.99. The van der Waals surface area contributed by atoms with Gasteiger partial charge in [0.25, 0.3) is 0 Å². The van der Waals surface area contributed by atoms with Crippen molar-refractivity contribution in [3.63, 3.8) is 0 Å². The van der Waals surface area contributed by atoms with Crippen LogP contribution >= 0.6 is 0 Å². The topological polar surface area (TPSA) is 43.4 Å². The van der Waals surface area contributed by atoms with Crippen LogP contribution in [0.5, 0.6) is 5.75 Å². The molecule has 0 aliphatic carbocycles. The number of rotatable bonds is 4. The first-order valence-corrected chi connectivity index (χ1v) is 5.79. The van der Waals surface area contributed by atoms with Crippen LogP contribution in [0.25, 0.3) is 0 Å². The number of para-hydroxylation sites is 1. The molecule has 0 spiro atoms. The second kappa shape index (κ2) is 4.41. The summed E-state index contributed by atoms with van der Waals surface area (Å²) in [6, 6.07) is 5.41. The highest BCUT2D eigenvalue weighted by Gasteiger charge is 2.13. The van der Waals surface area contributed by atoms with E-state index in [0.29, 0.717) is 6.42 Å². The van der Waals surface area contributed by atoms with Gasteiger partial charge in [0.15, 0.2) is 11.6 Å². The minimum absolute atomic E-state index is 0.110. The van der Waals surface area contributed by atoms with Crippen molar-refractivity contribution in [2.75, 3.05) is 5.75 Å². The monoisotopic (exact) mass is 218 g/mol. The Labute approximate surface area is 82.6 Å². The minimum atomic E-state index is -3.65. The Morgan fingerprint density at radius 1 is 1.36 bits per heavy atom. The molecule has 0 heterocycles. The van der Waals surface area contributed by atoms with Crippen molar-refractivity contribution >= 4 is 10.1 Å². The van der Waals surface area contributed by atoms with Crippen molar-refractivity contribution in [1.29, 1.82) is 0 Å². The quantitative estimate of drug-likeness (QED) is 0.725. The molecule has 1 rings (SSSR count). The van der Waals surface area contributed by atoms with Gasteiger partial charge in [-0.3, -0.25) is 0 Å². The Morgan fingerprint density at radius 2 is 2.00 bits per heavy atom. The Kier molecular flexibility index (Phi) is 3.46. The van der Waals surface area contributed by atoms with Crippen LogP contribution in [-0.4, -0.2) is 14.2 Å². The van der Waals surface area contributed by atoms with Gasteiger partial charge in [-0.15, -0.1) is 0 Å². The lowest BCUT2D eigenvalue weighted by molar-refractivity contribution is 0.461. The summed E-state index contributed by atoms with van der Waals surface area (Å²) in [6.45, 7) is 1.71. The fourth-order valence-electron chi connectivity index (χ4n) is 0.941. The molecule has 0 saturated carbocycles. The first kappa shape index (κ1) is 11.0. The van der Waals surface area contributed by atoms with Crippen molar-refractivity contribution in [1.82, 2.24) is 0 Å². The zero-order valence-corrected chi connectivity index (χ0v) is 8.55. The number of halogens is 1. The molecule has 14 heavy (non-hydrogen) atoms. The van der Waals surface area contributed by atoms with Gasteiger partial charge in [0.05, 0.1) is 5.75 Å². The van der Waals surface area contributed by atoms with E-state index in [2.05, 4.69) is 4.18 Å². The standard InChI is InChI=1S/C9H11FO3S/c1-2-7-14(11,12)13-9-6-4-3-5-8(9)10/h3-6H,2,7H2,1H3. The maximum atomic E-state index is 13.0. The van der Waals surface area contributed by atoms with Crippen LogP contribution in [0.1, 0.15) is 13.3 Å². The Morgan fingerprint density at radius 3 is 2.57 bits per heavy atom. The van der Waals surface area contributed by atoms with Crippen LogP contribution in [0.15, 0.2) is 24.3 Å². The van der Waals surface area contributed by atoms with Crippen LogP contribution in [0.4, 0.5) is 4.39 Å². The van der Waals surface area contributed by atoms with Gasteiger partial charge in [0.1, 0.15) is 0 Å². The van der Waals surface area contributed by atoms with Gasteiger partial charge in [-0.05, 0) is 18.6 Å². The molecule has 0 bridgehead atoms. The molecular formula is C9H11FO3S. The van der Waals surface area contributed by atoms with Gasteiger partial charge in [-0.2, -0.15) is 8.42 Å². The summed E-state index contributed by atoms with van der Waals surface area (Å²) in [5, 5.41) is 0. The van der Waals surface area contributed by atoms with Crippen LogP contribution in [0.2, 0.25) is 0 Å². The maximum absolute atomic E-state index is 13.0. The fraction of sp³-hybridized carbons (Fsp3) is 0.333. The molecular weight excluding hydrogens is 207 g/mol. The molecule has 0 radical (unpaired) electrons. The van der Waals surface area contributed by atoms with Crippen molar-refractivity contribution < 1.29 is 17.0 Å². The highest BCUT2D eigenvalue weighted by molar-refractivity contribution is 7.87. The molecule has 0 aliphatic heterocycles. The van der Waals surface area contributed by atoms with Crippen molar-refractivity contribution in [3.05, 3.63) is 30.1 Å². The zero-order valence-electron chi connectivity index (χ0n) is 7.73. The molecule has 3 nitrogen and oxygen atoms in total. The first-order chi connectivity index (χ1) is 6.55. The number of hydrogen-bond acceptors (Lipinski definition) is 3. The molecule has 0 N–H and O–H groups in total. The predicted molar refractivity (Wildman–Crippen MR) is 51.1 cm³/mol. The molecule has 0 unspecified atom stereocenters. The smallest absolute Gasteiger partial charge is 0.309 e. The summed E-state index contributed by atoms with van der Waals surface area (Å²) in [6.07, 6.45) is 0.441. The fourth-order valence-corrected chi connectivity index (χ4v) is 1.93. The molecule has 0 fully saturated rings. The van der Waals surface area contributed by atoms with Gasteiger partial charge in [0.2, 0.25) is 0 Å². The van der Waals surface area contributed by atoms with E-state index in [1.54, 1.807) is 6.92 Å². The predicted octanol–water partition coefficient (Wildman–Crippen LogP) is 1.94. The summed E-state index contributed by atoms with van der Waals surface area (Å²) in [4.78, 5) is 0. The van der Waals surface area contributed by atoms with Crippen LogP contribution in [0.3, 0.4) is 0 Å². The van der Waals surface area contributed by atoms with Gasteiger partial charge < -0.3 is 4.18 Å². The van der Waals surface area contributed by atoms with Crippen molar-refractivity contribution in [2.24, 2.45) is 0 Å². The van der Waals surface area contributed by atoms with E-state index >= 15 is 0 Å². The molecule has 5 heteroatoms. The normalized spacial score (nSPS) is 11.3. The average Bonchev–Trinajstić information content (AvgIpc) is 2.08. The van der Waals surface area contributed by atoms with E-state index in [9.17, 15) is 12.8 Å². The Balaban J connectivity index is 2.84. The summed E-state index contributed by atoms with van der Waals surface area (Å²) in [5.74, 6) is -1.03. The molecule has 0 atom stereocenters. The lowest BCUT2D eigenvalue weighted by Gasteiger charge is -2.05. The molecule has 0 saturated heterocycles. The second-order valence-electron chi connectivity index (χ2n) is 2.78. The van der Waals surface area contributed by atoms with Crippen LogP contribution < -0.4 is 4.18 Å². The summed E-state index contributed by atoms with van der Waals surface area (Å²) in [5.41, 5.74) is 0. The van der Waals surface area contributed by atoms with Crippen molar-refractivity contribution in [3.8, 4) is 5.75 Å². The summed E-state index contributed by atoms with van der Waals surface area (Å²) < 4.78 is 39.9. The SMILES string of the molecule is CCCS(=O)(=O)Oc1ccccc1F. The van der Waals surface area contributed by atoms with Gasteiger partial charge >= 0.3 is 10.1 Å². The van der Waals surface area contributed by atoms with E-state index < -0.39 is 15.9 Å². The highest BCUT2D eigenvalue weighted by Crippen LogP contribution is 2.17. The minimum Gasteiger partial charge on any atom is -0.379 e. The van der Waals surface area contributed by atoms with Crippen LogP contribution in [0, 0.1) is 5.82 Å². The van der Waals surface area contributed by atoms with Crippen LogP contribution in [-0.2, 0) is 10.1 Å². The molecule has 1 aromatic carbocycles. The molecule has 0 amide bonds. The number of benzene rings is 1.